The fraction of sp³-hybridized carbons (Fsp3) is 0.667. The number of hydrogen-bond acceptors (Lipinski definition) is 8. The molecule has 0 aliphatic carbocycles. The van der Waals surface area contributed by atoms with Crippen LogP contribution in [0.2, 0.25) is 0 Å². The van der Waals surface area contributed by atoms with Crippen LogP contribution in [0.15, 0.2) is 31.8 Å². The molecular formula is C30H44N8O6. The van der Waals surface area contributed by atoms with Gasteiger partial charge in [0.2, 0.25) is 0 Å². The molecule has 1 unspecified atom stereocenters. The molecule has 0 aromatic carbocycles. The lowest BCUT2D eigenvalue weighted by atomic mass is 9.78. The van der Waals surface area contributed by atoms with E-state index in [4.69, 9.17) is 9.47 Å². The first-order chi connectivity index (χ1) is 21.0. The average molecular weight is 613 g/mol. The van der Waals surface area contributed by atoms with Gasteiger partial charge < -0.3 is 18.6 Å². The predicted molar refractivity (Wildman–Crippen MR) is 166 cm³/mol. The van der Waals surface area contributed by atoms with E-state index in [-0.39, 0.29) is 33.3 Å². The van der Waals surface area contributed by atoms with Crippen molar-refractivity contribution < 1.29 is 9.47 Å². The van der Waals surface area contributed by atoms with Crippen molar-refractivity contribution in [3.63, 3.8) is 0 Å². The van der Waals surface area contributed by atoms with Crippen molar-refractivity contribution in [2.75, 3.05) is 26.4 Å². The van der Waals surface area contributed by atoms with E-state index in [1.165, 1.54) is 18.3 Å². The van der Waals surface area contributed by atoms with Gasteiger partial charge in [-0.1, -0.05) is 13.8 Å². The third-order valence-corrected chi connectivity index (χ3v) is 10.00. The fourth-order valence-electron chi connectivity index (χ4n) is 6.54. The quantitative estimate of drug-likeness (QED) is 0.304. The summed E-state index contributed by atoms with van der Waals surface area (Å²) in [5.41, 5.74) is 0.745. The van der Waals surface area contributed by atoms with E-state index in [0.717, 1.165) is 45.1 Å². The summed E-state index contributed by atoms with van der Waals surface area (Å²) in [6.07, 6.45) is 8.58. The first kappa shape index (κ1) is 31.6. The van der Waals surface area contributed by atoms with Crippen LogP contribution in [0.5, 0.6) is 0 Å². The van der Waals surface area contributed by atoms with Crippen LogP contribution in [-0.4, -0.2) is 63.8 Å². The zero-order valence-corrected chi connectivity index (χ0v) is 26.7. The number of nitrogens with zero attached hydrogens (tertiary/aromatic N) is 8. The number of aromatic nitrogens is 8. The van der Waals surface area contributed by atoms with Crippen LogP contribution in [0.25, 0.3) is 22.3 Å². The summed E-state index contributed by atoms with van der Waals surface area (Å²) in [5, 5.41) is 0. The average Bonchev–Trinajstić information content (AvgIpc) is 3.77. The highest BCUT2D eigenvalue weighted by Gasteiger charge is 2.34. The zero-order valence-electron chi connectivity index (χ0n) is 26.7. The molecular weight excluding hydrogens is 568 g/mol. The van der Waals surface area contributed by atoms with Crippen LogP contribution in [0.1, 0.15) is 52.4 Å². The van der Waals surface area contributed by atoms with Crippen molar-refractivity contribution in [3.05, 3.63) is 54.3 Å². The van der Waals surface area contributed by atoms with Crippen LogP contribution in [-0.2, 0) is 50.8 Å². The van der Waals surface area contributed by atoms with Gasteiger partial charge in [-0.25, -0.2) is 19.6 Å². The molecule has 0 bridgehead atoms. The number of fused-ring (bicyclic) bond motifs is 2. The highest BCUT2D eigenvalue weighted by atomic mass is 16.5. The molecule has 4 aromatic rings. The number of hydrogen-bond donors (Lipinski definition) is 0. The van der Waals surface area contributed by atoms with E-state index in [2.05, 4.69) is 23.8 Å². The standard InChI is InChI=1S/2C15H22N4O3/c1-4-15(5-7-22-8-6-15)9-19-13(20)11-12(16-10-17(11)2)18(3)14(19)21;1-4-15(6-8-22-9-15)5-7-19-13(20)11-12(16-10-17(11)2)18(3)14(19)21/h2*10H,4-9H2,1-3H3. The van der Waals surface area contributed by atoms with Gasteiger partial charge in [-0.15, -0.1) is 0 Å². The Bertz CT molecular complexity index is 1890. The summed E-state index contributed by atoms with van der Waals surface area (Å²) in [5.74, 6) is 0. The zero-order chi connectivity index (χ0) is 31.8. The van der Waals surface area contributed by atoms with Gasteiger partial charge in [0.25, 0.3) is 11.1 Å². The number of imidazole rings is 2. The maximum Gasteiger partial charge on any atom is 0.332 e. The lowest BCUT2D eigenvalue weighted by Crippen LogP contribution is -2.45. The Hall–Kier alpha value is -3.78. The van der Waals surface area contributed by atoms with Gasteiger partial charge in [0, 0.05) is 61.1 Å². The molecule has 6 rings (SSSR count). The smallest absolute Gasteiger partial charge is 0.332 e. The van der Waals surface area contributed by atoms with Crippen LogP contribution < -0.4 is 22.5 Å². The topological polar surface area (TPSA) is 142 Å². The Morgan fingerprint density at radius 1 is 0.705 bits per heavy atom. The molecule has 14 nitrogen and oxygen atoms in total. The summed E-state index contributed by atoms with van der Waals surface area (Å²) >= 11 is 0. The van der Waals surface area contributed by atoms with E-state index in [1.54, 1.807) is 50.0 Å². The summed E-state index contributed by atoms with van der Waals surface area (Å²) in [6.45, 7) is 7.98. The number of ether oxygens (including phenoxy) is 2. The Balaban J connectivity index is 0.000000175. The molecule has 0 radical (unpaired) electrons. The minimum atomic E-state index is -0.304. The SMILES string of the molecule is CCC1(CCn2c(=O)c3c(ncn3C)n(C)c2=O)CCOC1.CCC1(Cn2c(=O)c3c(ncn3C)n(C)c2=O)CCOCC1. The molecule has 14 heteroatoms. The van der Waals surface area contributed by atoms with Crippen molar-refractivity contribution in [2.24, 2.45) is 39.0 Å². The molecule has 6 heterocycles. The second-order valence-electron chi connectivity index (χ2n) is 12.5. The second-order valence-corrected chi connectivity index (χ2v) is 12.5. The lowest BCUT2D eigenvalue weighted by molar-refractivity contribution is 0.00226. The highest BCUT2D eigenvalue weighted by Crippen LogP contribution is 2.36. The van der Waals surface area contributed by atoms with Crippen molar-refractivity contribution in [2.45, 2.75) is 65.5 Å². The summed E-state index contributed by atoms with van der Waals surface area (Å²) in [6, 6.07) is 0. The third kappa shape index (κ3) is 5.49. The molecule has 0 amide bonds. The first-order valence-corrected chi connectivity index (χ1v) is 15.4. The molecule has 44 heavy (non-hydrogen) atoms. The van der Waals surface area contributed by atoms with E-state index < -0.39 is 0 Å². The minimum absolute atomic E-state index is 0.0412. The Labute approximate surface area is 254 Å². The Kier molecular flexibility index (Phi) is 8.85. The van der Waals surface area contributed by atoms with Gasteiger partial charge >= 0.3 is 11.4 Å². The predicted octanol–water partition coefficient (Wildman–Crippen LogP) is 1.28. The molecule has 1 atom stereocenters. The largest absolute Gasteiger partial charge is 0.381 e. The third-order valence-electron chi connectivity index (χ3n) is 10.00. The normalized spacial score (nSPS) is 19.9. The fourth-order valence-corrected chi connectivity index (χ4v) is 6.54. The van der Waals surface area contributed by atoms with E-state index in [1.807, 2.05) is 0 Å². The van der Waals surface area contributed by atoms with Gasteiger partial charge in [0.15, 0.2) is 22.3 Å². The lowest BCUT2D eigenvalue weighted by Gasteiger charge is -2.36. The summed E-state index contributed by atoms with van der Waals surface area (Å²) < 4.78 is 19.9. The maximum atomic E-state index is 12.8. The molecule has 0 N–H and O–H groups in total. The first-order valence-electron chi connectivity index (χ1n) is 15.4. The van der Waals surface area contributed by atoms with Crippen LogP contribution in [0.4, 0.5) is 0 Å². The molecule has 4 aromatic heterocycles. The van der Waals surface area contributed by atoms with E-state index in [9.17, 15) is 19.2 Å². The molecule has 2 aliphatic heterocycles. The molecule has 0 spiro atoms. The van der Waals surface area contributed by atoms with E-state index >= 15 is 0 Å². The van der Waals surface area contributed by atoms with Crippen LogP contribution in [0.3, 0.4) is 0 Å². The second kappa shape index (κ2) is 12.3. The van der Waals surface area contributed by atoms with Crippen molar-refractivity contribution in [3.8, 4) is 0 Å². The Morgan fingerprint density at radius 3 is 1.68 bits per heavy atom. The van der Waals surface area contributed by atoms with Gasteiger partial charge in [-0.2, -0.15) is 0 Å². The highest BCUT2D eigenvalue weighted by molar-refractivity contribution is 5.70. The number of aryl methyl sites for hydroxylation is 4. The minimum Gasteiger partial charge on any atom is -0.381 e. The van der Waals surface area contributed by atoms with E-state index in [0.29, 0.717) is 55.2 Å². The van der Waals surface area contributed by atoms with Crippen LogP contribution >= 0.6 is 0 Å². The van der Waals surface area contributed by atoms with Gasteiger partial charge in [-0.05, 0) is 49.4 Å². The summed E-state index contributed by atoms with van der Waals surface area (Å²) in [7, 11) is 6.86. The molecule has 240 valence electrons. The monoisotopic (exact) mass is 612 g/mol. The Morgan fingerprint density at radius 2 is 1.18 bits per heavy atom. The van der Waals surface area contributed by atoms with Crippen LogP contribution in [0, 0.1) is 10.8 Å². The number of rotatable bonds is 7. The molecule has 2 saturated heterocycles. The van der Waals surface area contributed by atoms with Crippen molar-refractivity contribution in [1.82, 2.24) is 37.4 Å². The van der Waals surface area contributed by atoms with Crippen molar-refractivity contribution in [1.29, 1.82) is 0 Å². The molecule has 2 aliphatic rings. The molecule has 0 saturated carbocycles. The van der Waals surface area contributed by atoms with Gasteiger partial charge in [0.05, 0.1) is 19.3 Å². The van der Waals surface area contributed by atoms with Gasteiger partial charge in [-0.3, -0.25) is 27.9 Å². The van der Waals surface area contributed by atoms with Gasteiger partial charge in [0.1, 0.15) is 0 Å². The summed E-state index contributed by atoms with van der Waals surface area (Å²) in [4.78, 5) is 58.8. The molecule has 2 fully saturated rings. The maximum absolute atomic E-state index is 12.8. The van der Waals surface area contributed by atoms with Crippen molar-refractivity contribution >= 4 is 22.3 Å².